The van der Waals surface area contributed by atoms with Gasteiger partial charge in [0.15, 0.2) is 0 Å². The van der Waals surface area contributed by atoms with E-state index in [1.807, 2.05) is 0 Å². The molecule has 0 saturated carbocycles. The number of halogens is 4. The zero-order valence-corrected chi connectivity index (χ0v) is 11.3. The Balaban J connectivity index is 2.44. The van der Waals surface area contributed by atoms with E-state index in [0.29, 0.717) is 10.0 Å². The summed E-state index contributed by atoms with van der Waals surface area (Å²) in [6.07, 6.45) is -1.17. The zero-order valence-electron chi connectivity index (χ0n) is 9.00. The molecule has 18 heavy (non-hydrogen) atoms. The molecule has 5 heteroatoms. The van der Waals surface area contributed by atoms with E-state index in [1.165, 1.54) is 24.3 Å². The molecule has 0 amide bonds. The Morgan fingerprint density at radius 3 is 2.50 bits per heavy atom. The van der Waals surface area contributed by atoms with Crippen LogP contribution in [-0.4, -0.2) is 5.11 Å². The lowest BCUT2D eigenvalue weighted by atomic mass is 10.0. The van der Waals surface area contributed by atoms with Crippen LogP contribution in [0.15, 0.2) is 40.9 Å². The smallest absolute Gasteiger partial charge is 0.137 e. The van der Waals surface area contributed by atoms with Crippen molar-refractivity contribution in [2.24, 2.45) is 0 Å². The maximum atomic E-state index is 13.4. The van der Waals surface area contributed by atoms with E-state index in [4.69, 9.17) is 11.6 Å². The van der Waals surface area contributed by atoms with Gasteiger partial charge in [0.1, 0.15) is 17.7 Å². The van der Waals surface area contributed by atoms with Gasteiger partial charge >= 0.3 is 0 Å². The quantitative estimate of drug-likeness (QED) is 0.860. The fraction of sp³-hybridized carbons (Fsp3) is 0.0769. The summed E-state index contributed by atoms with van der Waals surface area (Å²) in [5, 5.41) is 10.3. The first kappa shape index (κ1) is 13.5. The minimum atomic E-state index is -1.17. The molecule has 94 valence electrons. The molecule has 0 aliphatic heterocycles. The fourth-order valence-electron chi connectivity index (χ4n) is 1.59. The van der Waals surface area contributed by atoms with Crippen molar-refractivity contribution in [3.05, 3.63) is 68.7 Å². The molecular formula is C13H8BrClF2O. The minimum absolute atomic E-state index is 0.207. The number of benzene rings is 2. The lowest BCUT2D eigenvalue weighted by Gasteiger charge is -2.13. The summed E-state index contributed by atoms with van der Waals surface area (Å²) in [7, 11) is 0. The molecule has 2 rings (SSSR count). The van der Waals surface area contributed by atoms with Crippen molar-refractivity contribution in [3.8, 4) is 0 Å². The molecule has 0 spiro atoms. The van der Waals surface area contributed by atoms with Crippen LogP contribution in [0, 0.1) is 11.6 Å². The Morgan fingerprint density at radius 1 is 1.11 bits per heavy atom. The lowest BCUT2D eigenvalue weighted by Crippen LogP contribution is -2.02. The monoisotopic (exact) mass is 332 g/mol. The van der Waals surface area contributed by atoms with Gasteiger partial charge in [0.2, 0.25) is 0 Å². The first-order valence-electron chi connectivity index (χ1n) is 5.07. The Kier molecular flexibility index (Phi) is 4.00. The molecule has 2 aromatic rings. The molecule has 1 unspecified atom stereocenters. The highest BCUT2D eigenvalue weighted by molar-refractivity contribution is 9.10. The van der Waals surface area contributed by atoms with E-state index < -0.39 is 17.7 Å². The van der Waals surface area contributed by atoms with Crippen molar-refractivity contribution in [2.45, 2.75) is 6.10 Å². The van der Waals surface area contributed by atoms with Crippen molar-refractivity contribution >= 4 is 27.5 Å². The first-order chi connectivity index (χ1) is 8.49. The number of hydrogen-bond acceptors (Lipinski definition) is 1. The highest BCUT2D eigenvalue weighted by Gasteiger charge is 2.16. The lowest BCUT2D eigenvalue weighted by molar-refractivity contribution is 0.219. The molecule has 1 nitrogen and oxygen atoms in total. The van der Waals surface area contributed by atoms with Crippen LogP contribution in [0.25, 0.3) is 0 Å². The number of hydrogen-bond donors (Lipinski definition) is 1. The van der Waals surface area contributed by atoms with Crippen LogP contribution < -0.4 is 0 Å². The second kappa shape index (κ2) is 5.34. The maximum absolute atomic E-state index is 13.4. The van der Waals surface area contributed by atoms with Crippen molar-refractivity contribution in [1.29, 1.82) is 0 Å². The molecule has 0 aliphatic rings. The van der Waals surface area contributed by atoms with Gasteiger partial charge in [0.25, 0.3) is 0 Å². The SMILES string of the molecule is OC(c1ccc(Br)c(F)c1)c1cc(F)ccc1Cl. The second-order valence-electron chi connectivity index (χ2n) is 3.74. The van der Waals surface area contributed by atoms with Crippen molar-refractivity contribution in [1.82, 2.24) is 0 Å². The normalized spacial score (nSPS) is 12.5. The standard InChI is InChI=1S/C13H8BrClF2O/c14-10-3-1-7(5-12(10)17)13(18)9-6-8(16)2-4-11(9)15/h1-6,13,18H. The average molecular weight is 334 g/mol. The van der Waals surface area contributed by atoms with Crippen LogP contribution in [-0.2, 0) is 0 Å². The van der Waals surface area contributed by atoms with Crippen molar-refractivity contribution in [2.75, 3.05) is 0 Å². The predicted molar refractivity (Wildman–Crippen MR) is 69.6 cm³/mol. The van der Waals surface area contributed by atoms with Gasteiger partial charge in [-0.2, -0.15) is 0 Å². The van der Waals surface area contributed by atoms with Gasteiger partial charge in [0, 0.05) is 10.6 Å². The number of rotatable bonds is 2. The molecule has 0 aliphatic carbocycles. The fourth-order valence-corrected chi connectivity index (χ4v) is 2.05. The topological polar surface area (TPSA) is 20.2 Å². The number of aliphatic hydroxyl groups is 1. The Morgan fingerprint density at radius 2 is 1.83 bits per heavy atom. The summed E-state index contributed by atoms with van der Waals surface area (Å²) < 4.78 is 26.8. The Bertz CT molecular complexity index is 589. The minimum Gasteiger partial charge on any atom is -0.384 e. The van der Waals surface area contributed by atoms with Crippen LogP contribution in [0.1, 0.15) is 17.2 Å². The maximum Gasteiger partial charge on any atom is 0.137 e. The van der Waals surface area contributed by atoms with Crippen LogP contribution in [0.4, 0.5) is 8.78 Å². The molecule has 0 radical (unpaired) electrons. The first-order valence-corrected chi connectivity index (χ1v) is 6.24. The summed E-state index contributed by atoms with van der Waals surface area (Å²) >= 11 is 8.90. The molecule has 0 saturated heterocycles. The molecule has 1 atom stereocenters. The average Bonchev–Trinajstić information content (AvgIpc) is 2.35. The van der Waals surface area contributed by atoms with E-state index in [9.17, 15) is 13.9 Å². The Hall–Kier alpha value is -0.970. The van der Waals surface area contributed by atoms with E-state index in [0.717, 1.165) is 6.07 Å². The highest BCUT2D eigenvalue weighted by Crippen LogP contribution is 2.30. The highest BCUT2D eigenvalue weighted by atomic mass is 79.9. The third kappa shape index (κ3) is 2.71. The summed E-state index contributed by atoms with van der Waals surface area (Å²) in [5.74, 6) is -1.01. The van der Waals surface area contributed by atoms with E-state index >= 15 is 0 Å². The predicted octanol–water partition coefficient (Wildman–Crippen LogP) is 4.46. The van der Waals surface area contributed by atoms with Gasteiger partial charge in [-0.25, -0.2) is 8.78 Å². The molecule has 0 heterocycles. The summed E-state index contributed by atoms with van der Waals surface area (Å²) in [4.78, 5) is 0. The molecule has 0 fully saturated rings. The van der Waals surface area contributed by atoms with Gasteiger partial charge < -0.3 is 5.11 Å². The van der Waals surface area contributed by atoms with Crippen LogP contribution in [0.5, 0.6) is 0 Å². The summed E-state index contributed by atoms with van der Waals surface area (Å²) in [6, 6.07) is 7.87. The van der Waals surface area contributed by atoms with Gasteiger partial charge in [-0.1, -0.05) is 17.7 Å². The molecule has 0 bridgehead atoms. The van der Waals surface area contributed by atoms with Gasteiger partial charge in [-0.15, -0.1) is 0 Å². The molecular weight excluding hydrogens is 325 g/mol. The third-order valence-electron chi connectivity index (χ3n) is 2.51. The molecule has 2 aromatic carbocycles. The molecule has 0 aromatic heterocycles. The Labute approximate surface area is 116 Å². The van der Waals surface area contributed by atoms with Crippen molar-refractivity contribution < 1.29 is 13.9 Å². The van der Waals surface area contributed by atoms with Gasteiger partial charge in [-0.3, -0.25) is 0 Å². The van der Waals surface area contributed by atoms with E-state index in [1.54, 1.807) is 6.07 Å². The third-order valence-corrected chi connectivity index (χ3v) is 3.50. The van der Waals surface area contributed by atoms with E-state index in [2.05, 4.69) is 15.9 Å². The van der Waals surface area contributed by atoms with E-state index in [-0.39, 0.29) is 10.6 Å². The number of aliphatic hydroxyl groups excluding tert-OH is 1. The summed E-state index contributed by atoms with van der Waals surface area (Å²) in [6.45, 7) is 0. The van der Waals surface area contributed by atoms with Crippen LogP contribution >= 0.6 is 27.5 Å². The molecule has 1 N–H and O–H groups in total. The zero-order chi connectivity index (χ0) is 13.3. The van der Waals surface area contributed by atoms with Crippen molar-refractivity contribution in [3.63, 3.8) is 0 Å². The summed E-state index contributed by atoms with van der Waals surface area (Å²) in [5.41, 5.74) is 0.515. The van der Waals surface area contributed by atoms with Gasteiger partial charge in [-0.05, 0) is 51.8 Å². The van der Waals surface area contributed by atoms with Gasteiger partial charge in [0.05, 0.1) is 4.47 Å². The second-order valence-corrected chi connectivity index (χ2v) is 5.00. The van der Waals surface area contributed by atoms with Crippen LogP contribution in [0.2, 0.25) is 5.02 Å². The largest absolute Gasteiger partial charge is 0.384 e. The van der Waals surface area contributed by atoms with Crippen LogP contribution in [0.3, 0.4) is 0 Å².